The molecule has 1 saturated heterocycles. The predicted molar refractivity (Wildman–Crippen MR) is 95.7 cm³/mol. The fourth-order valence-electron chi connectivity index (χ4n) is 5.33. The summed E-state index contributed by atoms with van der Waals surface area (Å²) in [5.41, 5.74) is 3.11. The largest absolute Gasteiger partial charge is 0.365 e. The molecule has 0 bridgehead atoms. The third-order valence-electron chi connectivity index (χ3n) is 6.07. The van der Waals surface area contributed by atoms with Gasteiger partial charge < -0.3 is 5.32 Å². The molecule has 120 valence electrons. The topological polar surface area (TPSA) is 15.3 Å². The molecule has 1 saturated carbocycles. The summed E-state index contributed by atoms with van der Waals surface area (Å²) >= 11 is 2.03. The van der Waals surface area contributed by atoms with Crippen molar-refractivity contribution in [3.05, 3.63) is 35.7 Å². The molecule has 0 aromatic heterocycles. The summed E-state index contributed by atoms with van der Waals surface area (Å²) in [6.45, 7) is 4.92. The molecule has 0 spiro atoms. The normalized spacial score (nSPS) is 39.6. The third kappa shape index (κ3) is 2.37. The van der Waals surface area contributed by atoms with Crippen LogP contribution in [0.2, 0.25) is 0 Å². The van der Waals surface area contributed by atoms with E-state index in [0.29, 0.717) is 5.92 Å². The molecule has 2 nitrogen and oxygen atoms in total. The van der Waals surface area contributed by atoms with Crippen molar-refractivity contribution in [2.45, 2.75) is 32.2 Å². The van der Waals surface area contributed by atoms with Gasteiger partial charge in [0, 0.05) is 30.4 Å². The summed E-state index contributed by atoms with van der Waals surface area (Å²) in [5.74, 6) is 4.45. The summed E-state index contributed by atoms with van der Waals surface area (Å²) in [5, 5.41) is 3.55. The molecule has 2 aliphatic heterocycles. The zero-order valence-corrected chi connectivity index (χ0v) is 14.6. The van der Waals surface area contributed by atoms with E-state index >= 15 is 0 Å². The maximum Gasteiger partial charge on any atom is 0.0283 e. The Morgan fingerprint density at radius 2 is 2.32 bits per heavy atom. The summed E-state index contributed by atoms with van der Waals surface area (Å²) in [7, 11) is 0. The summed E-state index contributed by atoms with van der Waals surface area (Å²) in [6.07, 6.45) is 15.7. The molecular weight excluding hydrogens is 288 g/mol. The second-order valence-electron chi connectivity index (χ2n) is 7.41. The number of rotatable bonds is 4. The van der Waals surface area contributed by atoms with Gasteiger partial charge in [0.05, 0.1) is 0 Å². The van der Waals surface area contributed by atoms with E-state index in [1.54, 1.807) is 5.57 Å². The van der Waals surface area contributed by atoms with Crippen LogP contribution >= 0.6 is 11.8 Å². The zero-order chi connectivity index (χ0) is 15.1. The van der Waals surface area contributed by atoms with Crippen LogP contribution in [0.4, 0.5) is 0 Å². The lowest BCUT2D eigenvalue weighted by molar-refractivity contribution is 0.0191. The van der Waals surface area contributed by atoms with Gasteiger partial charge in [0.25, 0.3) is 0 Å². The van der Waals surface area contributed by atoms with E-state index in [1.807, 2.05) is 11.8 Å². The van der Waals surface area contributed by atoms with Crippen molar-refractivity contribution in [3.63, 3.8) is 0 Å². The highest BCUT2D eigenvalue weighted by atomic mass is 32.2. The molecule has 22 heavy (non-hydrogen) atoms. The van der Waals surface area contributed by atoms with Crippen molar-refractivity contribution in [3.8, 4) is 0 Å². The second-order valence-corrected chi connectivity index (χ2v) is 8.32. The highest BCUT2D eigenvalue weighted by Gasteiger charge is 2.49. The molecule has 4 rings (SSSR count). The van der Waals surface area contributed by atoms with Gasteiger partial charge in [-0.25, -0.2) is 0 Å². The molecule has 3 heteroatoms. The Labute approximate surface area is 139 Å². The minimum atomic E-state index is 0.669. The van der Waals surface area contributed by atoms with E-state index < -0.39 is 0 Å². The van der Waals surface area contributed by atoms with E-state index in [9.17, 15) is 0 Å². The average molecular weight is 317 g/mol. The molecule has 2 heterocycles. The molecule has 5 atom stereocenters. The van der Waals surface area contributed by atoms with E-state index in [4.69, 9.17) is 0 Å². The van der Waals surface area contributed by atoms with Crippen LogP contribution in [0.3, 0.4) is 0 Å². The van der Waals surface area contributed by atoms with Gasteiger partial charge in [-0.1, -0.05) is 19.1 Å². The number of hydrogen-bond acceptors (Lipinski definition) is 3. The number of nitrogens with zero attached hydrogens (tertiary/aromatic N) is 1. The lowest BCUT2D eigenvalue weighted by Gasteiger charge is -2.52. The molecule has 0 aromatic carbocycles. The van der Waals surface area contributed by atoms with Gasteiger partial charge in [-0.15, -0.1) is 0 Å². The summed E-state index contributed by atoms with van der Waals surface area (Å²) in [6, 6.07) is 0.773. The molecular formula is C19H28N2S. The van der Waals surface area contributed by atoms with Crippen LogP contribution in [0.15, 0.2) is 35.7 Å². The first-order valence-corrected chi connectivity index (χ1v) is 10.3. The third-order valence-corrected chi connectivity index (χ3v) is 6.87. The molecule has 0 amide bonds. The van der Waals surface area contributed by atoms with Crippen molar-refractivity contribution in [2.24, 2.45) is 23.7 Å². The Bertz CT molecular complexity index is 522. The Morgan fingerprint density at radius 1 is 1.41 bits per heavy atom. The number of hydrogen-bond donors (Lipinski definition) is 1. The lowest BCUT2D eigenvalue weighted by atomic mass is 9.61. The number of thioether (sulfide) groups is 1. The first-order chi connectivity index (χ1) is 10.8. The van der Waals surface area contributed by atoms with Crippen molar-refractivity contribution in [2.75, 3.05) is 25.1 Å². The van der Waals surface area contributed by atoms with Crippen LogP contribution in [0.1, 0.15) is 26.2 Å². The molecule has 0 radical (unpaired) electrons. The number of nitrogens with one attached hydrogen (secondary N) is 1. The van der Waals surface area contributed by atoms with Crippen LogP contribution in [-0.2, 0) is 0 Å². The van der Waals surface area contributed by atoms with Crippen molar-refractivity contribution in [1.82, 2.24) is 10.2 Å². The molecule has 4 aliphatic rings. The van der Waals surface area contributed by atoms with E-state index in [2.05, 4.69) is 47.8 Å². The van der Waals surface area contributed by atoms with E-state index in [-0.39, 0.29) is 0 Å². The SMILES string of the molecule is CCCN1C[C@H](CSC)C[C@@H]2C3C=CC=C4NC=C(C[C@H]21)C43. The molecule has 0 aromatic rings. The number of likely N-dealkylation sites (tertiary alicyclic amines) is 1. The summed E-state index contributed by atoms with van der Waals surface area (Å²) in [4.78, 5) is 2.83. The van der Waals surface area contributed by atoms with Gasteiger partial charge in [0.15, 0.2) is 0 Å². The van der Waals surface area contributed by atoms with Crippen LogP contribution in [0.25, 0.3) is 0 Å². The Balaban J connectivity index is 1.63. The quantitative estimate of drug-likeness (QED) is 0.852. The summed E-state index contributed by atoms with van der Waals surface area (Å²) < 4.78 is 0. The van der Waals surface area contributed by atoms with Gasteiger partial charge >= 0.3 is 0 Å². The van der Waals surface area contributed by atoms with E-state index in [0.717, 1.165) is 23.8 Å². The van der Waals surface area contributed by atoms with Crippen molar-refractivity contribution in [1.29, 1.82) is 0 Å². The minimum Gasteiger partial charge on any atom is -0.365 e. The van der Waals surface area contributed by atoms with Crippen molar-refractivity contribution >= 4 is 11.8 Å². The average Bonchev–Trinajstić information content (AvgIpc) is 2.94. The first-order valence-electron chi connectivity index (χ1n) is 8.88. The molecule has 2 unspecified atom stereocenters. The smallest absolute Gasteiger partial charge is 0.0283 e. The predicted octanol–water partition coefficient (Wildman–Crippen LogP) is 3.64. The molecule has 2 aliphatic carbocycles. The number of allylic oxidation sites excluding steroid dienone is 4. The van der Waals surface area contributed by atoms with Crippen molar-refractivity contribution < 1.29 is 0 Å². The zero-order valence-electron chi connectivity index (χ0n) is 13.8. The van der Waals surface area contributed by atoms with Crippen LogP contribution < -0.4 is 5.32 Å². The van der Waals surface area contributed by atoms with Gasteiger partial charge in [-0.3, -0.25) is 4.90 Å². The van der Waals surface area contributed by atoms with E-state index in [1.165, 1.54) is 43.8 Å². The molecule has 1 N–H and O–H groups in total. The number of fused-ring (bicyclic) bond motifs is 2. The van der Waals surface area contributed by atoms with Gasteiger partial charge in [-0.2, -0.15) is 11.8 Å². The first kappa shape index (κ1) is 14.9. The lowest BCUT2D eigenvalue weighted by Crippen LogP contribution is -2.55. The monoisotopic (exact) mass is 316 g/mol. The highest BCUT2D eigenvalue weighted by Crippen LogP contribution is 2.51. The maximum absolute atomic E-state index is 3.55. The van der Waals surface area contributed by atoms with Gasteiger partial charge in [0.1, 0.15) is 0 Å². The van der Waals surface area contributed by atoms with Gasteiger partial charge in [-0.05, 0) is 67.2 Å². The van der Waals surface area contributed by atoms with Crippen LogP contribution in [0.5, 0.6) is 0 Å². The standard InChI is InChI=1S/C19H28N2S/c1-3-7-21-11-13(12-22-2)8-16-15-5-4-6-17-19(15)14(10-20-17)9-18(16)21/h4-6,10,13,15-16,18-20H,3,7-9,11-12H2,1-2H3/t13-,15?,16-,18-,19?/m1/s1. The highest BCUT2D eigenvalue weighted by molar-refractivity contribution is 7.98. The van der Waals surface area contributed by atoms with Gasteiger partial charge in [0.2, 0.25) is 0 Å². The second kappa shape index (κ2) is 6.09. The Hall–Kier alpha value is -0.670. The number of piperidine rings is 1. The minimum absolute atomic E-state index is 0.669. The fraction of sp³-hybridized carbons (Fsp3) is 0.684. The Kier molecular flexibility index (Phi) is 4.12. The maximum atomic E-state index is 3.55. The van der Waals surface area contributed by atoms with Crippen LogP contribution in [0, 0.1) is 23.7 Å². The fourth-order valence-corrected chi connectivity index (χ4v) is 6.04. The molecule has 2 fully saturated rings. The Morgan fingerprint density at radius 3 is 3.14 bits per heavy atom. The van der Waals surface area contributed by atoms with Crippen LogP contribution in [-0.4, -0.2) is 36.0 Å².